The van der Waals surface area contributed by atoms with Crippen molar-refractivity contribution in [3.8, 4) is 11.5 Å². The Balaban J connectivity index is 1.32. The van der Waals surface area contributed by atoms with Gasteiger partial charge in [-0.15, -0.1) is 0 Å². The number of hydrogen-bond donors (Lipinski definition) is 2. The quantitative estimate of drug-likeness (QED) is 0.693. The molecule has 0 saturated carbocycles. The van der Waals surface area contributed by atoms with E-state index in [1.165, 1.54) is 12.1 Å². The maximum Gasteiger partial charge on any atom is 0.251 e. The molecule has 1 saturated heterocycles. The van der Waals surface area contributed by atoms with Crippen LogP contribution in [-0.4, -0.2) is 62.9 Å². The molecule has 2 aromatic carbocycles. The fourth-order valence-electron chi connectivity index (χ4n) is 3.61. The average molecular weight is 429 g/mol. The second-order valence-corrected chi connectivity index (χ2v) is 7.27. The Morgan fingerprint density at radius 3 is 2.52 bits per heavy atom. The van der Waals surface area contributed by atoms with Crippen LogP contribution in [0.5, 0.6) is 11.5 Å². The van der Waals surface area contributed by atoms with Gasteiger partial charge in [0.1, 0.15) is 5.82 Å². The molecule has 1 unspecified atom stereocenters. The number of carbonyl (C=O) groups excluding carboxylic acids is 2. The van der Waals surface area contributed by atoms with E-state index in [1.54, 1.807) is 30.3 Å². The van der Waals surface area contributed by atoms with Crippen LogP contribution in [0.3, 0.4) is 0 Å². The molecule has 2 N–H and O–H groups in total. The molecule has 2 amide bonds. The summed E-state index contributed by atoms with van der Waals surface area (Å²) < 4.78 is 29.2. The van der Waals surface area contributed by atoms with E-state index in [1.807, 2.05) is 0 Å². The van der Waals surface area contributed by atoms with Crippen LogP contribution in [0.2, 0.25) is 0 Å². The molecule has 0 aliphatic carbocycles. The first-order valence-corrected chi connectivity index (χ1v) is 10.1. The molecule has 164 valence electrons. The second kappa shape index (κ2) is 9.76. The first kappa shape index (κ1) is 21.1. The molecule has 2 aromatic rings. The number of carbonyl (C=O) groups is 2. The van der Waals surface area contributed by atoms with Crippen molar-refractivity contribution in [1.29, 1.82) is 0 Å². The highest BCUT2D eigenvalue weighted by Crippen LogP contribution is 2.32. The lowest BCUT2D eigenvalue weighted by Gasteiger charge is -2.35. The standard InChI is InChI=1S/C22H24FN3O5/c23-17-4-1-15(2-5-17)18(26-7-9-29-10-8-26)12-24-21(27)13-25-22(28)16-3-6-19-20(11-16)31-14-30-19/h1-6,11,18H,7-10,12-14H2,(H,24,27)(H,25,28). The van der Waals surface area contributed by atoms with E-state index < -0.39 is 0 Å². The van der Waals surface area contributed by atoms with Gasteiger partial charge in [-0.25, -0.2) is 4.39 Å². The van der Waals surface area contributed by atoms with Gasteiger partial charge in [-0.2, -0.15) is 0 Å². The molecule has 2 aliphatic heterocycles. The average Bonchev–Trinajstić information content (AvgIpc) is 3.27. The van der Waals surface area contributed by atoms with Crippen LogP contribution in [0.25, 0.3) is 0 Å². The lowest BCUT2D eigenvalue weighted by molar-refractivity contribution is -0.120. The molecular weight excluding hydrogens is 405 g/mol. The summed E-state index contributed by atoms with van der Waals surface area (Å²) in [5.74, 6) is 0.0971. The number of fused-ring (bicyclic) bond motifs is 1. The van der Waals surface area contributed by atoms with Crippen molar-refractivity contribution in [3.63, 3.8) is 0 Å². The predicted molar refractivity (Wildman–Crippen MR) is 109 cm³/mol. The zero-order chi connectivity index (χ0) is 21.6. The van der Waals surface area contributed by atoms with E-state index in [4.69, 9.17) is 14.2 Å². The van der Waals surface area contributed by atoms with Crippen molar-refractivity contribution in [2.24, 2.45) is 0 Å². The minimum Gasteiger partial charge on any atom is -0.454 e. The van der Waals surface area contributed by atoms with Crippen molar-refractivity contribution in [1.82, 2.24) is 15.5 Å². The van der Waals surface area contributed by atoms with Gasteiger partial charge in [0.2, 0.25) is 12.7 Å². The van der Waals surface area contributed by atoms with Crippen molar-refractivity contribution >= 4 is 11.8 Å². The predicted octanol–water partition coefficient (Wildman–Crippen LogP) is 1.47. The van der Waals surface area contributed by atoms with Gasteiger partial charge in [-0.3, -0.25) is 14.5 Å². The fraction of sp³-hybridized carbons (Fsp3) is 0.364. The van der Waals surface area contributed by atoms with Crippen molar-refractivity contribution in [3.05, 3.63) is 59.4 Å². The summed E-state index contributed by atoms with van der Waals surface area (Å²) in [6, 6.07) is 11.0. The van der Waals surface area contributed by atoms with Crippen molar-refractivity contribution in [2.45, 2.75) is 6.04 Å². The van der Waals surface area contributed by atoms with Crippen LogP contribution in [0.15, 0.2) is 42.5 Å². The summed E-state index contributed by atoms with van der Waals surface area (Å²) in [5, 5.41) is 5.48. The molecule has 2 aliphatic rings. The Labute approximate surface area is 179 Å². The maximum atomic E-state index is 13.3. The van der Waals surface area contributed by atoms with E-state index >= 15 is 0 Å². The number of amides is 2. The largest absolute Gasteiger partial charge is 0.454 e. The Bertz CT molecular complexity index is 931. The number of ether oxygens (including phenoxy) is 3. The number of nitrogens with one attached hydrogen (secondary N) is 2. The van der Waals surface area contributed by atoms with Gasteiger partial charge in [-0.1, -0.05) is 12.1 Å². The summed E-state index contributed by atoms with van der Waals surface area (Å²) in [6.07, 6.45) is 0. The molecule has 0 radical (unpaired) electrons. The molecule has 8 nitrogen and oxygen atoms in total. The third-order valence-corrected chi connectivity index (χ3v) is 5.28. The van der Waals surface area contributed by atoms with Gasteiger partial charge < -0.3 is 24.8 Å². The molecule has 0 aromatic heterocycles. The molecule has 4 rings (SSSR count). The Kier molecular flexibility index (Phi) is 6.63. The Morgan fingerprint density at radius 2 is 1.74 bits per heavy atom. The van der Waals surface area contributed by atoms with E-state index in [2.05, 4.69) is 15.5 Å². The van der Waals surface area contributed by atoms with Gasteiger partial charge >= 0.3 is 0 Å². The summed E-state index contributed by atoms with van der Waals surface area (Å²) >= 11 is 0. The Morgan fingerprint density at radius 1 is 1.00 bits per heavy atom. The zero-order valence-electron chi connectivity index (χ0n) is 16.9. The van der Waals surface area contributed by atoms with Crippen LogP contribution in [0.4, 0.5) is 4.39 Å². The van der Waals surface area contributed by atoms with Gasteiger partial charge in [0, 0.05) is 25.2 Å². The van der Waals surface area contributed by atoms with Crippen LogP contribution >= 0.6 is 0 Å². The van der Waals surface area contributed by atoms with E-state index in [0.717, 1.165) is 18.7 Å². The summed E-state index contributed by atoms with van der Waals surface area (Å²) in [4.78, 5) is 26.9. The minimum atomic E-state index is -0.378. The molecular formula is C22H24FN3O5. The highest BCUT2D eigenvalue weighted by atomic mass is 19.1. The van der Waals surface area contributed by atoms with Gasteiger partial charge in [0.05, 0.1) is 25.8 Å². The van der Waals surface area contributed by atoms with Gasteiger partial charge in [0.25, 0.3) is 5.91 Å². The highest BCUT2D eigenvalue weighted by molar-refractivity contribution is 5.97. The number of benzene rings is 2. The number of morpholine rings is 1. The van der Waals surface area contributed by atoms with Crippen LogP contribution in [0, 0.1) is 5.82 Å². The van der Waals surface area contributed by atoms with Crippen LogP contribution in [-0.2, 0) is 9.53 Å². The lowest BCUT2D eigenvalue weighted by atomic mass is 10.0. The molecule has 1 fully saturated rings. The number of nitrogens with zero attached hydrogens (tertiary/aromatic N) is 1. The number of rotatable bonds is 7. The van der Waals surface area contributed by atoms with E-state index in [-0.39, 0.29) is 37.0 Å². The SMILES string of the molecule is O=C(CNC(=O)c1ccc2c(c1)OCO2)NCC(c1ccc(F)cc1)N1CCOCC1. The Hall–Kier alpha value is -3.17. The summed E-state index contributed by atoms with van der Waals surface area (Å²) in [7, 11) is 0. The summed E-state index contributed by atoms with van der Waals surface area (Å²) in [6.45, 7) is 2.96. The second-order valence-electron chi connectivity index (χ2n) is 7.27. The maximum absolute atomic E-state index is 13.3. The lowest BCUT2D eigenvalue weighted by Crippen LogP contribution is -2.45. The number of halogens is 1. The first-order chi connectivity index (χ1) is 15.1. The van der Waals surface area contributed by atoms with Gasteiger partial charge in [-0.05, 0) is 35.9 Å². The topological polar surface area (TPSA) is 89.1 Å². The smallest absolute Gasteiger partial charge is 0.251 e. The zero-order valence-corrected chi connectivity index (χ0v) is 16.9. The third kappa shape index (κ3) is 5.31. The van der Waals surface area contributed by atoms with Crippen LogP contribution < -0.4 is 20.1 Å². The van der Waals surface area contributed by atoms with E-state index in [0.29, 0.717) is 36.8 Å². The van der Waals surface area contributed by atoms with Crippen LogP contribution in [0.1, 0.15) is 22.0 Å². The van der Waals surface area contributed by atoms with Crippen molar-refractivity contribution < 1.29 is 28.2 Å². The minimum absolute atomic E-state index is 0.113. The summed E-state index contributed by atoms with van der Waals surface area (Å²) in [5.41, 5.74) is 1.29. The monoisotopic (exact) mass is 429 g/mol. The normalized spacial score (nSPS) is 16.5. The highest BCUT2D eigenvalue weighted by Gasteiger charge is 2.23. The fourth-order valence-corrected chi connectivity index (χ4v) is 3.61. The molecule has 9 heteroatoms. The molecule has 31 heavy (non-hydrogen) atoms. The molecule has 0 spiro atoms. The molecule has 1 atom stereocenters. The van der Waals surface area contributed by atoms with Crippen molar-refractivity contribution in [2.75, 3.05) is 46.2 Å². The first-order valence-electron chi connectivity index (χ1n) is 10.1. The van der Waals surface area contributed by atoms with Gasteiger partial charge in [0.15, 0.2) is 11.5 Å². The van der Waals surface area contributed by atoms with E-state index in [9.17, 15) is 14.0 Å². The number of hydrogen-bond acceptors (Lipinski definition) is 6. The molecule has 0 bridgehead atoms. The molecule has 2 heterocycles. The third-order valence-electron chi connectivity index (χ3n) is 5.28.